The van der Waals surface area contributed by atoms with Crippen molar-refractivity contribution in [1.29, 1.82) is 0 Å². The number of hydrogen-bond donors (Lipinski definition) is 3. The predicted octanol–water partition coefficient (Wildman–Crippen LogP) is 2.23. The standard InChI is InChI=1S/C25H31N5O3/c1-25(2)14-20(19-6-4-5-7-21(19)33-25)29-24(26-3)28-15-17-8-10-18(11-9-17)23(32)30-13-12-27-22(31)16-30/h4-11,20H,12-16H2,1-3H3,(H,27,31)(H2,26,28,29). The van der Waals surface area contributed by atoms with Gasteiger partial charge in [-0.3, -0.25) is 14.6 Å². The number of benzene rings is 2. The van der Waals surface area contributed by atoms with E-state index in [4.69, 9.17) is 4.74 Å². The van der Waals surface area contributed by atoms with Crippen LogP contribution >= 0.6 is 0 Å². The molecule has 1 saturated heterocycles. The van der Waals surface area contributed by atoms with Gasteiger partial charge in [0.25, 0.3) is 5.91 Å². The topological polar surface area (TPSA) is 95.1 Å². The van der Waals surface area contributed by atoms with E-state index in [-0.39, 0.29) is 30.0 Å². The fraction of sp³-hybridized carbons (Fsp3) is 0.400. The summed E-state index contributed by atoms with van der Waals surface area (Å²) in [7, 11) is 1.75. The molecule has 8 nitrogen and oxygen atoms in total. The van der Waals surface area contributed by atoms with Crippen LogP contribution in [-0.2, 0) is 11.3 Å². The second-order valence-corrected chi connectivity index (χ2v) is 9.00. The van der Waals surface area contributed by atoms with Gasteiger partial charge in [-0.15, -0.1) is 0 Å². The smallest absolute Gasteiger partial charge is 0.254 e. The molecule has 3 N–H and O–H groups in total. The van der Waals surface area contributed by atoms with Crippen molar-refractivity contribution in [3.63, 3.8) is 0 Å². The highest BCUT2D eigenvalue weighted by molar-refractivity contribution is 5.97. The molecule has 1 atom stereocenters. The summed E-state index contributed by atoms with van der Waals surface area (Å²) in [6.45, 7) is 5.88. The molecular weight excluding hydrogens is 418 g/mol. The van der Waals surface area contributed by atoms with Crippen LogP contribution in [0.2, 0.25) is 0 Å². The molecule has 2 aliphatic rings. The normalized spacial score (nSPS) is 19.7. The van der Waals surface area contributed by atoms with E-state index in [0.717, 1.165) is 23.3 Å². The van der Waals surface area contributed by atoms with E-state index in [2.05, 4.69) is 40.9 Å². The van der Waals surface area contributed by atoms with Crippen molar-refractivity contribution in [1.82, 2.24) is 20.9 Å². The molecule has 1 fully saturated rings. The van der Waals surface area contributed by atoms with Crippen molar-refractivity contribution in [3.05, 3.63) is 65.2 Å². The number of nitrogens with one attached hydrogen (secondary N) is 3. The fourth-order valence-electron chi connectivity index (χ4n) is 4.24. The first-order valence-corrected chi connectivity index (χ1v) is 11.2. The van der Waals surface area contributed by atoms with Gasteiger partial charge in [0.15, 0.2) is 5.96 Å². The number of ether oxygens (including phenoxy) is 1. The maximum atomic E-state index is 12.6. The Labute approximate surface area is 194 Å². The molecule has 0 saturated carbocycles. The summed E-state index contributed by atoms with van der Waals surface area (Å²) in [5.41, 5.74) is 2.45. The van der Waals surface area contributed by atoms with Crippen LogP contribution in [0.15, 0.2) is 53.5 Å². The van der Waals surface area contributed by atoms with Gasteiger partial charge in [-0.05, 0) is 37.6 Å². The molecule has 0 bridgehead atoms. The minimum atomic E-state index is -0.276. The first kappa shape index (κ1) is 22.6. The van der Waals surface area contributed by atoms with E-state index >= 15 is 0 Å². The summed E-state index contributed by atoms with van der Waals surface area (Å²) in [5, 5.41) is 9.62. The zero-order valence-corrected chi connectivity index (χ0v) is 19.4. The molecule has 0 spiro atoms. The van der Waals surface area contributed by atoms with E-state index in [1.165, 1.54) is 0 Å². The number of amides is 2. The highest BCUT2D eigenvalue weighted by atomic mass is 16.5. The minimum Gasteiger partial charge on any atom is -0.487 e. The Morgan fingerprint density at radius 2 is 1.97 bits per heavy atom. The van der Waals surface area contributed by atoms with Crippen LogP contribution < -0.4 is 20.7 Å². The number of nitrogens with zero attached hydrogens (tertiary/aromatic N) is 2. The first-order valence-electron chi connectivity index (χ1n) is 11.2. The molecule has 2 amide bonds. The molecule has 2 heterocycles. The summed E-state index contributed by atoms with van der Waals surface area (Å²) < 4.78 is 6.12. The Balaban J connectivity index is 1.36. The highest BCUT2D eigenvalue weighted by Gasteiger charge is 2.34. The van der Waals surface area contributed by atoms with Crippen molar-refractivity contribution >= 4 is 17.8 Å². The van der Waals surface area contributed by atoms with Gasteiger partial charge < -0.3 is 25.6 Å². The molecule has 1 unspecified atom stereocenters. The lowest BCUT2D eigenvalue weighted by Crippen LogP contribution is -2.49. The lowest BCUT2D eigenvalue weighted by atomic mass is 9.90. The van der Waals surface area contributed by atoms with Crippen molar-refractivity contribution in [3.8, 4) is 5.75 Å². The number of rotatable bonds is 4. The molecular formula is C25H31N5O3. The third-order valence-corrected chi connectivity index (χ3v) is 5.90. The van der Waals surface area contributed by atoms with Gasteiger partial charge in [-0.2, -0.15) is 0 Å². The maximum Gasteiger partial charge on any atom is 0.254 e. The van der Waals surface area contributed by atoms with Gasteiger partial charge in [-0.25, -0.2) is 0 Å². The van der Waals surface area contributed by atoms with Crippen LogP contribution in [-0.4, -0.2) is 55.0 Å². The minimum absolute atomic E-state index is 0.0814. The summed E-state index contributed by atoms with van der Waals surface area (Å²) in [6, 6.07) is 15.6. The molecule has 0 aromatic heterocycles. The SMILES string of the molecule is CN=C(NCc1ccc(C(=O)N2CCNC(=O)C2)cc1)NC1CC(C)(C)Oc2ccccc21. The molecule has 2 aromatic carbocycles. The summed E-state index contributed by atoms with van der Waals surface area (Å²) >= 11 is 0. The zero-order valence-electron chi connectivity index (χ0n) is 19.4. The van der Waals surface area contributed by atoms with Gasteiger partial charge in [0.05, 0.1) is 12.6 Å². The Morgan fingerprint density at radius 1 is 1.21 bits per heavy atom. The molecule has 4 rings (SSSR count). The molecule has 0 aliphatic carbocycles. The average molecular weight is 450 g/mol. The summed E-state index contributed by atoms with van der Waals surface area (Å²) in [4.78, 5) is 30.1. The number of fused-ring (bicyclic) bond motifs is 1. The Hall–Kier alpha value is -3.55. The van der Waals surface area contributed by atoms with Crippen molar-refractivity contribution < 1.29 is 14.3 Å². The van der Waals surface area contributed by atoms with E-state index in [9.17, 15) is 9.59 Å². The zero-order chi connectivity index (χ0) is 23.4. The molecule has 2 aromatic rings. The first-order chi connectivity index (χ1) is 15.8. The average Bonchev–Trinajstić information content (AvgIpc) is 2.81. The number of carbonyl (C=O) groups is 2. The van der Waals surface area contributed by atoms with Crippen molar-refractivity contribution in [2.24, 2.45) is 4.99 Å². The predicted molar refractivity (Wildman–Crippen MR) is 127 cm³/mol. The van der Waals surface area contributed by atoms with Gasteiger partial charge in [0.2, 0.25) is 5.91 Å². The van der Waals surface area contributed by atoms with E-state index in [0.29, 0.717) is 31.2 Å². The van der Waals surface area contributed by atoms with Gasteiger partial charge >= 0.3 is 0 Å². The quantitative estimate of drug-likeness (QED) is 0.492. The maximum absolute atomic E-state index is 12.6. The highest BCUT2D eigenvalue weighted by Crippen LogP contribution is 2.39. The summed E-state index contributed by atoms with van der Waals surface area (Å²) in [6.07, 6.45) is 0.816. The van der Waals surface area contributed by atoms with E-state index in [1.54, 1.807) is 24.1 Å². The number of piperazine rings is 1. The van der Waals surface area contributed by atoms with E-state index < -0.39 is 0 Å². The second-order valence-electron chi connectivity index (χ2n) is 9.00. The Morgan fingerprint density at radius 3 is 2.70 bits per heavy atom. The van der Waals surface area contributed by atoms with Crippen LogP contribution in [0.1, 0.15) is 47.8 Å². The Bertz CT molecular complexity index is 1050. The van der Waals surface area contributed by atoms with Gasteiger partial charge in [-0.1, -0.05) is 30.3 Å². The Kier molecular flexibility index (Phi) is 6.53. The van der Waals surface area contributed by atoms with Crippen LogP contribution in [0.5, 0.6) is 5.75 Å². The third-order valence-electron chi connectivity index (χ3n) is 5.90. The largest absolute Gasteiger partial charge is 0.487 e. The fourth-order valence-corrected chi connectivity index (χ4v) is 4.24. The van der Waals surface area contributed by atoms with Crippen molar-refractivity contribution in [2.45, 2.75) is 38.5 Å². The molecule has 0 radical (unpaired) electrons. The number of hydrogen-bond acceptors (Lipinski definition) is 4. The molecule has 8 heteroatoms. The van der Waals surface area contributed by atoms with Crippen LogP contribution in [0, 0.1) is 0 Å². The van der Waals surface area contributed by atoms with Gasteiger partial charge in [0, 0.05) is 44.2 Å². The number of para-hydroxylation sites is 1. The number of carbonyl (C=O) groups excluding carboxylic acids is 2. The number of aliphatic imine (C=N–C) groups is 1. The van der Waals surface area contributed by atoms with E-state index in [1.807, 2.05) is 30.3 Å². The second kappa shape index (κ2) is 9.52. The molecule has 2 aliphatic heterocycles. The van der Waals surface area contributed by atoms with Crippen LogP contribution in [0.3, 0.4) is 0 Å². The van der Waals surface area contributed by atoms with Crippen LogP contribution in [0.25, 0.3) is 0 Å². The van der Waals surface area contributed by atoms with Crippen LogP contribution in [0.4, 0.5) is 0 Å². The monoisotopic (exact) mass is 449 g/mol. The molecule has 33 heavy (non-hydrogen) atoms. The van der Waals surface area contributed by atoms with Crippen molar-refractivity contribution in [2.75, 3.05) is 26.7 Å². The third kappa shape index (κ3) is 5.45. The lowest BCUT2D eigenvalue weighted by Gasteiger charge is -2.38. The summed E-state index contributed by atoms with van der Waals surface area (Å²) in [5.74, 6) is 1.35. The number of guanidine groups is 1. The lowest BCUT2D eigenvalue weighted by molar-refractivity contribution is -0.123. The molecule has 174 valence electrons. The van der Waals surface area contributed by atoms with Gasteiger partial charge in [0.1, 0.15) is 11.4 Å².